The lowest BCUT2D eigenvalue weighted by atomic mass is 9.77. The minimum Gasteiger partial charge on any atom is -0.383 e. The third-order valence-corrected chi connectivity index (χ3v) is 7.46. The number of benzene rings is 2. The highest BCUT2D eigenvalue weighted by Gasteiger charge is 2.46. The molecule has 5 nitrogen and oxygen atoms in total. The number of nitrogens with one attached hydrogen (secondary N) is 1. The Labute approximate surface area is 240 Å². The summed E-state index contributed by atoms with van der Waals surface area (Å²) >= 11 is 0. The molecule has 41 heavy (non-hydrogen) atoms. The van der Waals surface area contributed by atoms with E-state index in [9.17, 15) is 13.2 Å². The van der Waals surface area contributed by atoms with Crippen molar-refractivity contribution < 1.29 is 13.2 Å². The monoisotopic (exact) mass is 561 g/mol. The van der Waals surface area contributed by atoms with Crippen LogP contribution in [0.5, 0.6) is 0 Å². The second-order valence-electron chi connectivity index (χ2n) is 10.5. The highest BCUT2D eigenvalue weighted by molar-refractivity contribution is 5.74. The molecule has 4 aromatic rings. The third kappa shape index (κ3) is 8.30. The molecule has 2 aliphatic rings. The van der Waals surface area contributed by atoms with E-state index < -0.39 is 11.9 Å². The number of pyridine rings is 1. The highest BCUT2D eigenvalue weighted by atomic mass is 19.3. The van der Waals surface area contributed by atoms with Crippen molar-refractivity contribution in [3.05, 3.63) is 121 Å². The fourth-order valence-corrected chi connectivity index (χ4v) is 5.16. The first-order chi connectivity index (χ1) is 19.8. The van der Waals surface area contributed by atoms with E-state index in [-0.39, 0.29) is 18.8 Å². The summed E-state index contributed by atoms with van der Waals surface area (Å²) < 4.78 is 40.0. The molecule has 0 radical (unpaired) electrons. The molecule has 216 valence electrons. The second kappa shape index (κ2) is 14.1. The standard InChI is InChI=1S/C14H20N2.C10H10N2.C9H8F3N/c1-12(14-9-6-10-16(14)2)15-11-13-7-4-3-5-8-13;1-2-7-12-8-11-9-5-3-4-6-10(9)12;10-8-7(2-1-3-13-8)6-4-9(11,12)5-6/h3-5,7-8,14-15H,1,6,9-11H2,2H3;2-6,8H,1,7H2;1-3,6H,4-5H2. The number of aromatic nitrogens is 3. The molecule has 2 aromatic heterocycles. The summed E-state index contributed by atoms with van der Waals surface area (Å²) in [4.78, 5) is 10.0. The lowest BCUT2D eigenvalue weighted by Crippen LogP contribution is -2.34. The number of rotatable bonds is 7. The van der Waals surface area contributed by atoms with Crippen LogP contribution in [-0.4, -0.2) is 45.0 Å². The SMILES string of the molecule is C=C(NCc1ccccc1)C1CCCN1C.C=CCn1cnc2ccccc21.Fc1ncccc1C1CC(F)(F)C1. The normalized spacial score (nSPS) is 17.9. The molecule has 1 N–H and O–H groups in total. The van der Waals surface area contributed by atoms with Crippen LogP contribution in [0.2, 0.25) is 0 Å². The zero-order valence-electron chi connectivity index (χ0n) is 23.5. The number of likely N-dealkylation sites (N-methyl/N-ethyl adjacent to an activating group) is 1. The number of para-hydroxylation sites is 2. The number of hydrogen-bond donors (Lipinski definition) is 1. The summed E-state index contributed by atoms with van der Waals surface area (Å²) in [6, 6.07) is 22.1. The van der Waals surface area contributed by atoms with Gasteiger partial charge in [-0.05, 0) is 56.1 Å². The van der Waals surface area contributed by atoms with Crippen molar-refractivity contribution in [3.63, 3.8) is 0 Å². The third-order valence-electron chi connectivity index (χ3n) is 7.46. The van der Waals surface area contributed by atoms with Gasteiger partial charge in [-0.15, -0.1) is 6.58 Å². The van der Waals surface area contributed by atoms with Gasteiger partial charge >= 0.3 is 0 Å². The molecule has 2 aromatic carbocycles. The average Bonchev–Trinajstić information content (AvgIpc) is 3.58. The number of imidazole rings is 1. The van der Waals surface area contributed by atoms with Crippen molar-refractivity contribution in [2.24, 2.45) is 0 Å². The van der Waals surface area contributed by atoms with Gasteiger partial charge in [0.15, 0.2) is 0 Å². The highest BCUT2D eigenvalue weighted by Crippen LogP contribution is 2.48. The first-order valence-electron chi connectivity index (χ1n) is 13.9. The molecule has 0 spiro atoms. The summed E-state index contributed by atoms with van der Waals surface area (Å²) in [6.07, 6.45) is 7.03. The molecule has 0 bridgehead atoms. The van der Waals surface area contributed by atoms with Gasteiger partial charge in [-0.1, -0.05) is 61.2 Å². The summed E-state index contributed by atoms with van der Waals surface area (Å²) in [5, 5.41) is 3.44. The molecule has 8 heteroatoms. The Balaban J connectivity index is 0.000000143. The van der Waals surface area contributed by atoms with E-state index in [2.05, 4.69) is 75.3 Å². The lowest BCUT2D eigenvalue weighted by Gasteiger charge is -2.34. The maximum absolute atomic E-state index is 13.0. The Bertz CT molecular complexity index is 1410. The molecular weight excluding hydrogens is 523 g/mol. The molecule has 1 saturated heterocycles. The second-order valence-corrected chi connectivity index (χ2v) is 10.5. The lowest BCUT2D eigenvalue weighted by molar-refractivity contribution is -0.0874. The number of fused-ring (bicyclic) bond motifs is 1. The van der Waals surface area contributed by atoms with Gasteiger partial charge < -0.3 is 9.88 Å². The van der Waals surface area contributed by atoms with Crippen LogP contribution in [0, 0.1) is 5.95 Å². The molecule has 6 rings (SSSR count). The van der Waals surface area contributed by atoms with Crippen LogP contribution in [0.4, 0.5) is 13.2 Å². The Kier molecular flexibility index (Phi) is 10.4. The Morgan fingerprint density at radius 1 is 1.05 bits per heavy atom. The van der Waals surface area contributed by atoms with Crippen molar-refractivity contribution in [3.8, 4) is 0 Å². The predicted octanol–water partition coefficient (Wildman–Crippen LogP) is 7.34. The van der Waals surface area contributed by atoms with Gasteiger partial charge in [0.05, 0.1) is 17.4 Å². The zero-order valence-corrected chi connectivity index (χ0v) is 23.5. The maximum Gasteiger partial charge on any atom is 0.249 e. The van der Waals surface area contributed by atoms with Crippen molar-refractivity contribution in [1.82, 2.24) is 24.8 Å². The van der Waals surface area contributed by atoms with Crippen LogP contribution < -0.4 is 5.32 Å². The van der Waals surface area contributed by atoms with Gasteiger partial charge in [0.1, 0.15) is 0 Å². The van der Waals surface area contributed by atoms with E-state index in [0.29, 0.717) is 11.6 Å². The van der Waals surface area contributed by atoms with E-state index in [1.54, 1.807) is 6.07 Å². The Hall–Kier alpha value is -3.91. The van der Waals surface area contributed by atoms with Crippen LogP contribution in [0.3, 0.4) is 0 Å². The van der Waals surface area contributed by atoms with Crippen LogP contribution in [0.25, 0.3) is 11.0 Å². The predicted molar refractivity (Wildman–Crippen MR) is 159 cm³/mol. The van der Waals surface area contributed by atoms with Crippen molar-refractivity contribution in [2.45, 2.75) is 56.7 Å². The number of alkyl halides is 2. The van der Waals surface area contributed by atoms with Gasteiger partial charge in [0.2, 0.25) is 11.9 Å². The Morgan fingerprint density at radius 3 is 2.44 bits per heavy atom. The van der Waals surface area contributed by atoms with Crippen molar-refractivity contribution in [1.29, 1.82) is 0 Å². The van der Waals surface area contributed by atoms with Crippen LogP contribution in [-0.2, 0) is 13.1 Å². The maximum atomic E-state index is 13.0. The molecule has 0 amide bonds. The smallest absolute Gasteiger partial charge is 0.249 e. The van der Waals surface area contributed by atoms with E-state index in [1.807, 2.05) is 36.7 Å². The molecule has 1 aliphatic heterocycles. The van der Waals surface area contributed by atoms with Crippen molar-refractivity contribution >= 4 is 11.0 Å². The average molecular weight is 562 g/mol. The minimum atomic E-state index is -2.60. The summed E-state index contributed by atoms with van der Waals surface area (Å²) in [7, 11) is 2.17. The molecule has 1 saturated carbocycles. The van der Waals surface area contributed by atoms with E-state index in [1.165, 1.54) is 37.2 Å². The molecule has 3 heterocycles. The van der Waals surface area contributed by atoms with E-state index in [0.717, 1.165) is 29.8 Å². The Morgan fingerprint density at radius 2 is 1.78 bits per heavy atom. The van der Waals surface area contributed by atoms with Gasteiger partial charge in [0, 0.05) is 49.4 Å². The number of likely N-dealkylation sites (tertiary alicyclic amines) is 1. The van der Waals surface area contributed by atoms with E-state index >= 15 is 0 Å². The molecule has 1 atom stereocenters. The van der Waals surface area contributed by atoms with Crippen LogP contribution >= 0.6 is 0 Å². The largest absolute Gasteiger partial charge is 0.383 e. The molecule has 1 unspecified atom stereocenters. The first-order valence-corrected chi connectivity index (χ1v) is 13.9. The van der Waals surface area contributed by atoms with E-state index in [4.69, 9.17) is 0 Å². The first kappa shape index (κ1) is 30.1. The van der Waals surface area contributed by atoms with Crippen LogP contribution in [0.1, 0.15) is 42.7 Å². The molecule has 1 aliphatic carbocycles. The summed E-state index contributed by atoms with van der Waals surface area (Å²) in [5.41, 5.74) is 4.98. The number of allylic oxidation sites excluding steroid dienone is 1. The topological polar surface area (TPSA) is 46.0 Å². The van der Waals surface area contributed by atoms with Crippen molar-refractivity contribution in [2.75, 3.05) is 13.6 Å². The van der Waals surface area contributed by atoms with Gasteiger partial charge in [0.25, 0.3) is 0 Å². The number of halogens is 3. The minimum absolute atomic E-state index is 0.254. The number of nitrogens with zero attached hydrogens (tertiary/aromatic N) is 4. The van der Waals surface area contributed by atoms with Gasteiger partial charge in [-0.2, -0.15) is 4.39 Å². The fourth-order valence-electron chi connectivity index (χ4n) is 5.16. The molecular formula is C33H38F3N5. The van der Waals surface area contributed by atoms with Crippen LogP contribution in [0.15, 0.2) is 104 Å². The summed E-state index contributed by atoms with van der Waals surface area (Å²) in [5.74, 6) is -3.58. The quantitative estimate of drug-likeness (QED) is 0.189. The van der Waals surface area contributed by atoms with Gasteiger partial charge in [-0.25, -0.2) is 18.7 Å². The van der Waals surface area contributed by atoms with Gasteiger partial charge in [-0.3, -0.25) is 4.90 Å². The summed E-state index contributed by atoms with van der Waals surface area (Å²) in [6.45, 7) is 10.7. The number of hydrogen-bond acceptors (Lipinski definition) is 4. The fraction of sp³-hybridized carbons (Fsp3) is 0.333. The zero-order chi connectivity index (χ0) is 29.2. The molecule has 2 fully saturated rings.